The van der Waals surface area contributed by atoms with Gasteiger partial charge in [-0.2, -0.15) is 0 Å². The number of rotatable bonds is 2. The van der Waals surface area contributed by atoms with Crippen molar-refractivity contribution in [1.82, 2.24) is 14.8 Å². The summed E-state index contributed by atoms with van der Waals surface area (Å²) in [6.07, 6.45) is 1.99. The molecule has 74 valence electrons. The summed E-state index contributed by atoms with van der Waals surface area (Å²) in [4.78, 5) is 0. The third-order valence-electron chi connectivity index (χ3n) is 1.84. The van der Waals surface area contributed by atoms with Gasteiger partial charge in [-0.1, -0.05) is 6.92 Å². The third kappa shape index (κ3) is 2.21. The quantitative estimate of drug-likeness (QED) is 0.737. The molecule has 1 heterocycles. The van der Waals surface area contributed by atoms with Crippen LogP contribution in [0.3, 0.4) is 0 Å². The maximum absolute atomic E-state index is 5.95. The number of aryl methyl sites for hydroxylation is 1. The lowest BCUT2D eigenvalue weighted by Gasteiger charge is -2.23. The molecule has 1 rings (SSSR count). The average molecular weight is 202 g/mol. The first-order valence-corrected chi connectivity index (χ1v) is 4.95. The van der Waals surface area contributed by atoms with Gasteiger partial charge >= 0.3 is 0 Å². The lowest BCUT2D eigenvalue weighted by Crippen LogP contribution is -2.24. The van der Waals surface area contributed by atoms with E-state index in [4.69, 9.17) is 11.6 Å². The van der Waals surface area contributed by atoms with Crippen molar-refractivity contribution in [2.24, 2.45) is 0 Å². The first-order valence-electron chi connectivity index (χ1n) is 4.57. The molecule has 4 heteroatoms. The summed E-state index contributed by atoms with van der Waals surface area (Å²) in [6, 6.07) is 0. The normalized spacial score (nSPS) is 12.1. The van der Waals surface area contributed by atoms with Crippen molar-refractivity contribution in [3.8, 4) is 0 Å². The van der Waals surface area contributed by atoms with Crippen LogP contribution in [0.5, 0.6) is 0 Å². The van der Waals surface area contributed by atoms with Crippen molar-refractivity contribution in [2.75, 3.05) is 0 Å². The molecule has 1 aromatic rings. The molecule has 0 unspecified atom stereocenters. The highest BCUT2D eigenvalue weighted by molar-refractivity contribution is 6.28. The molecule has 0 radical (unpaired) electrons. The molecule has 0 saturated heterocycles. The zero-order valence-electron chi connectivity index (χ0n) is 8.63. The van der Waals surface area contributed by atoms with Crippen molar-refractivity contribution in [3.05, 3.63) is 11.1 Å². The molecule has 0 N–H and O–H groups in total. The molecule has 3 nitrogen and oxygen atoms in total. The number of aromatic nitrogens is 3. The zero-order valence-corrected chi connectivity index (χ0v) is 9.39. The van der Waals surface area contributed by atoms with Gasteiger partial charge in [0.1, 0.15) is 5.82 Å². The summed E-state index contributed by atoms with van der Waals surface area (Å²) >= 11 is 5.95. The predicted molar refractivity (Wildman–Crippen MR) is 54.0 cm³/mol. The Labute approximate surface area is 84.1 Å². The molecule has 0 spiro atoms. The molecule has 0 amide bonds. The van der Waals surface area contributed by atoms with Crippen LogP contribution in [0.25, 0.3) is 0 Å². The molecule has 0 aliphatic rings. The molecule has 1 aromatic heterocycles. The number of halogens is 1. The largest absolute Gasteiger partial charge is 0.296 e. The van der Waals surface area contributed by atoms with Crippen LogP contribution in [-0.4, -0.2) is 14.8 Å². The van der Waals surface area contributed by atoms with Crippen molar-refractivity contribution in [1.29, 1.82) is 0 Å². The van der Waals surface area contributed by atoms with Gasteiger partial charge in [0.05, 0.1) is 0 Å². The Hall–Kier alpha value is -0.570. The van der Waals surface area contributed by atoms with Crippen LogP contribution in [0.4, 0.5) is 0 Å². The molecule has 0 fully saturated rings. The van der Waals surface area contributed by atoms with Gasteiger partial charge in [-0.05, 0) is 38.8 Å². The summed E-state index contributed by atoms with van der Waals surface area (Å²) in [5, 5.41) is 8.42. The van der Waals surface area contributed by atoms with E-state index in [1.54, 1.807) is 0 Å². The van der Waals surface area contributed by atoms with Crippen LogP contribution in [0, 0.1) is 0 Å². The van der Waals surface area contributed by atoms with Crippen LogP contribution >= 0.6 is 11.6 Å². The van der Waals surface area contributed by atoms with Gasteiger partial charge in [-0.15, -0.1) is 10.2 Å². The Balaban J connectivity index is 3.09. The van der Waals surface area contributed by atoms with Gasteiger partial charge in [-0.25, -0.2) is 0 Å². The van der Waals surface area contributed by atoms with E-state index in [1.807, 2.05) is 4.57 Å². The van der Waals surface area contributed by atoms with Crippen LogP contribution < -0.4 is 0 Å². The van der Waals surface area contributed by atoms with E-state index in [9.17, 15) is 0 Å². The van der Waals surface area contributed by atoms with Crippen molar-refractivity contribution >= 4 is 11.6 Å². The smallest absolute Gasteiger partial charge is 0.225 e. The summed E-state index contributed by atoms with van der Waals surface area (Å²) < 4.78 is 1.98. The molecule has 0 aliphatic heterocycles. The van der Waals surface area contributed by atoms with E-state index < -0.39 is 0 Å². The minimum atomic E-state index is -0.0366. The Bertz CT molecular complexity index is 286. The van der Waals surface area contributed by atoms with Gasteiger partial charge in [0.15, 0.2) is 0 Å². The number of hydrogen-bond donors (Lipinski definition) is 0. The van der Waals surface area contributed by atoms with E-state index in [2.05, 4.69) is 37.9 Å². The van der Waals surface area contributed by atoms with E-state index in [0.29, 0.717) is 5.28 Å². The summed E-state index contributed by atoms with van der Waals surface area (Å²) in [5.74, 6) is 0.972. The monoisotopic (exact) mass is 201 g/mol. The highest BCUT2D eigenvalue weighted by Crippen LogP contribution is 2.21. The second-order valence-corrected chi connectivity index (χ2v) is 4.48. The Morgan fingerprint density at radius 3 is 2.38 bits per heavy atom. The average Bonchev–Trinajstić information content (AvgIpc) is 2.31. The maximum atomic E-state index is 5.95. The number of hydrogen-bond acceptors (Lipinski definition) is 2. The molecule has 0 aromatic carbocycles. The third-order valence-corrected chi connectivity index (χ3v) is 2.08. The fourth-order valence-electron chi connectivity index (χ4n) is 1.34. The molecule has 0 atom stereocenters. The first-order chi connectivity index (χ1) is 5.96. The van der Waals surface area contributed by atoms with E-state index >= 15 is 0 Å². The van der Waals surface area contributed by atoms with Gasteiger partial charge in [0, 0.05) is 12.0 Å². The van der Waals surface area contributed by atoms with Gasteiger partial charge in [-0.3, -0.25) is 4.57 Å². The lowest BCUT2D eigenvalue weighted by molar-refractivity contribution is 0.381. The fraction of sp³-hybridized carbons (Fsp3) is 0.778. The molecule has 0 bridgehead atoms. The standard InChI is InChI=1S/C9H16ClN3/c1-5-6-7-11-12-8(10)13(7)9(2,3)4/h5-6H2,1-4H3. The van der Waals surface area contributed by atoms with Crippen LogP contribution in [0.1, 0.15) is 39.9 Å². The number of nitrogens with zero attached hydrogens (tertiary/aromatic N) is 3. The van der Waals surface area contributed by atoms with Crippen LogP contribution in [0.2, 0.25) is 5.28 Å². The van der Waals surface area contributed by atoms with E-state index in [0.717, 1.165) is 18.7 Å². The highest BCUT2D eigenvalue weighted by Gasteiger charge is 2.21. The van der Waals surface area contributed by atoms with Gasteiger partial charge in [0.2, 0.25) is 5.28 Å². The van der Waals surface area contributed by atoms with Crippen molar-refractivity contribution < 1.29 is 0 Å². The van der Waals surface area contributed by atoms with Crippen LogP contribution in [0.15, 0.2) is 0 Å². The topological polar surface area (TPSA) is 30.7 Å². The second-order valence-electron chi connectivity index (χ2n) is 4.14. The van der Waals surface area contributed by atoms with Gasteiger partial charge in [0.25, 0.3) is 0 Å². The summed E-state index contributed by atoms with van der Waals surface area (Å²) in [6.45, 7) is 8.42. The molecular weight excluding hydrogens is 186 g/mol. The molecule has 0 saturated carbocycles. The highest BCUT2D eigenvalue weighted by atomic mass is 35.5. The molecule has 0 aliphatic carbocycles. The predicted octanol–water partition coefficient (Wildman–Crippen LogP) is 2.64. The van der Waals surface area contributed by atoms with E-state index in [1.165, 1.54) is 0 Å². The Morgan fingerprint density at radius 2 is 1.92 bits per heavy atom. The Morgan fingerprint density at radius 1 is 1.31 bits per heavy atom. The zero-order chi connectivity index (χ0) is 10.1. The lowest BCUT2D eigenvalue weighted by atomic mass is 10.1. The first kappa shape index (κ1) is 10.5. The van der Waals surface area contributed by atoms with Crippen LogP contribution in [-0.2, 0) is 12.0 Å². The summed E-state index contributed by atoms with van der Waals surface area (Å²) in [5.41, 5.74) is -0.0366. The minimum absolute atomic E-state index is 0.0366. The van der Waals surface area contributed by atoms with Gasteiger partial charge < -0.3 is 0 Å². The molecular formula is C9H16ClN3. The van der Waals surface area contributed by atoms with Crippen molar-refractivity contribution in [2.45, 2.75) is 46.1 Å². The Kier molecular flexibility index (Phi) is 2.96. The van der Waals surface area contributed by atoms with E-state index in [-0.39, 0.29) is 5.54 Å². The fourth-order valence-corrected chi connectivity index (χ4v) is 1.73. The molecule has 13 heavy (non-hydrogen) atoms. The SMILES string of the molecule is CCCc1nnc(Cl)n1C(C)(C)C. The second kappa shape index (κ2) is 3.66. The van der Waals surface area contributed by atoms with Crippen molar-refractivity contribution in [3.63, 3.8) is 0 Å². The minimum Gasteiger partial charge on any atom is -0.296 e. The maximum Gasteiger partial charge on any atom is 0.225 e. The summed E-state index contributed by atoms with van der Waals surface area (Å²) in [7, 11) is 0.